The highest BCUT2D eigenvalue weighted by Gasteiger charge is 2.29. The summed E-state index contributed by atoms with van der Waals surface area (Å²) < 4.78 is 0. The predicted octanol–water partition coefficient (Wildman–Crippen LogP) is 1.79. The van der Waals surface area contributed by atoms with Gasteiger partial charge in [-0.05, 0) is 36.1 Å². The van der Waals surface area contributed by atoms with Crippen LogP contribution in [0.1, 0.15) is 76.6 Å². The van der Waals surface area contributed by atoms with Crippen LogP contribution in [0.5, 0.6) is 5.75 Å². The third-order valence-electron chi connectivity index (χ3n) is 4.08. The molecule has 0 aliphatic rings. The number of rotatable bonds is 12. The normalized spacial score (nSPS) is 12.8. The molecular weight excluding hydrogens is 336 g/mol. The molecule has 1 aromatic carbocycles. The lowest BCUT2D eigenvalue weighted by Gasteiger charge is -2.32. The first-order chi connectivity index (χ1) is 12.0. The summed E-state index contributed by atoms with van der Waals surface area (Å²) in [7, 11) is 0. The topological polar surface area (TPSA) is 125 Å². The van der Waals surface area contributed by atoms with E-state index in [1.165, 1.54) is 25.3 Å². The fourth-order valence-corrected chi connectivity index (χ4v) is 2.91. The van der Waals surface area contributed by atoms with Crippen molar-refractivity contribution in [2.45, 2.75) is 83.7 Å². The Hall–Kier alpha value is -1.22. The molecule has 1 rings (SSSR count). The van der Waals surface area contributed by atoms with Gasteiger partial charge in [0.05, 0.1) is 6.17 Å². The van der Waals surface area contributed by atoms with E-state index in [0.717, 1.165) is 45.1 Å². The third-order valence-corrected chi connectivity index (χ3v) is 4.08. The van der Waals surface area contributed by atoms with E-state index >= 15 is 0 Å². The number of unbranched alkanes of at least 4 members (excludes halogenated alkanes) is 5. The average Bonchev–Trinajstić information content (AvgIpc) is 2.48. The van der Waals surface area contributed by atoms with Crippen molar-refractivity contribution in [2.24, 2.45) is 0 Å². The Morgan fingerprint density at radius 3 is 1.96 bits per heavy atom. The molecule has 0 saturated heterocycles. The van der Waals surface area contributed by atoms with Crippen LogP contribution in [-0.4, -0.2) is 37.4 Å². The van der Waals surface area contributed by atoms with Crippen LogP contribution < -0.4 is 10.6 Å². The second-order valence-corrected chi connectivity index (χ2v) is 7.16. The first-order valence-corrected chi connectivity index (χ1v) is 9.28. The van der Waals surface area contributed by atoms with Gasteiger partial charge in [0.1, 0.15) is 5.75 Å². The number of hydrogen-bond donors (Lipinski definition) is 7. The molecule has 0 unspecified atom stereocenters. The number of phenols is 1. The Kier molecular flexibility index (Phi) is 8.95. The maximum Gasteiger partial charge on any atom is 0.220 e. The molecule has 26 heavy (non-hydrogen) atoms. The van der Waals surface area contributed by atoms with E-state index in [0.29, 0.717) is 5.56 Å². The summed E-state index contributed by atoms with van der Waals surface area (Å²) in [6.45, 7) is 4.43. The van der Waals surface area contributed by atoms with Crippen LogP contribution in [0.3, 0.4) is 0 Å². The van der Waals surface area contributed by atoms with Crippen LogP contribution in [0, 0.1) is 0 Å². The lowest BCUT2D eigenvalue weighted by molar-refractivity contribution is -0.206. The standard InChI is InChI=1S/C19H34N2O5/c1-4-5-6-7-8-9-10-14-11-12-15(22)13-16(14)17(20-18(2,23)24)21-19(3,25)26/h11-13,17,20-26H,4-10H2,1-3H3. The van der Waals surface area contributed by atoms with E-state index in [-0.39, 0.29) is 5.75 Å². The van der Waals surface area contributed by atoms with Crippen LogP contribution in [0.4, 0.5) is 0 Å². The molecule has 1 aromatic rings. The van der Waals surface area contributed by atoms with Gasteiger partial charge in [-0.2, -0.15) is 0 Å². The average molecular weight is 370 g/mol. The quantitative estimate of drug-likeness (QED) is 0.221. The first-order valence-electron chi connectivity index (χ1n) is 9.28. The monoisotopic (exact) mass is 370 g/mol. The molecule has 0 spiro atoms. The summed E-state index contributed by atoms with van der Waals surface area (Å²) >= 11 is 0. The molecule has 7 nitrogen and oxygen atoms in total. The lowest BCUT2D eigenvalue weighted by atomic mass is 9.97. The SMILES string of the molecule is CCCCCCCCc1ccc(O)cc1C(NC(C)(O)O)NC(C)(O)O. The van der Waals surface area contributed by atoms with E-state index < -0.39 is 18.0 Å². The highest BCUT2D eigenvalue weighted by Crippen LogP contribution is 2.26. The third kappa shape index (κ3) is 9.47. The highest BCUT2D eigenvalue weighted by atomic mass is 16.5. The summed E-state index contributed by atoms with van der Waals surface area (Å²) in [5, 5.41) is 53.5. The molecular formula is C19H34N2O5. The van der Waals surface area contributed by atoms with Crippen molar-refractivity contribution in [3.8, 4) is 5.75 Å². The fraction of sp³-hybridized carbons (Fsp3) is 0.684. The summed E-state index contributed by atoms with van der Waals surface area (Å²) in [5.41, 5.74) is 1.42. The second-order valence-electron chi connectivity index (χ2n) is 7.16. The van der Waals surface area contributed by atoms with Crippen molar-refractivity contribution in [2.75, 3.05) is 0 Å². The van der Waals surface area contributed by atoms with Crippen molar-refractivity contribution in [3.63, 3.8) is 0 Å². The summed E-state index contributed by atoms with van der Waals surface area (Å²) in [6, 6.07) is 4.82. The summed E-state index contributed by atoms with van der Waals surface area (Å²) in [4.78, 5) is 0. The molecule has 0 heterocycles. The van der Waals surface area contributed by atoms with E-state index in [1.54, 1.807) is 12.1 Å². The Morgan fingerprint density at radius 1 is 0.885 bits per heavy atom. The second kappa shape index (κ2) is 10.2. The molecule has 150 valence electrons. The van der Waals surface area contributed by atoms with Crippen molar-refractivity contribution in [1.29, 1.82) is 0 Å². The first kappa shape index (κ1) is 22.8. The zero-order chi connectivity index (χ0) is 19.8. The van der Waals surface area contributed by atoms with Crippen LogP contribution in [-0.2, 0) is 6.42 Å². The molecule has 0 aromatic heterocycles. The van der Waals surface area contributed by atoms with E-state index in [1.807, 2.05) is 0 Å². The minimum atomic E-state index is -2.24. The number of phenolic OH excluding ortho intramolecular Hbond substituents is 1. The fourth-order valence-electron chi connectivity index (χ4n) is 2.91. The molecule has 0 aliphatic carbocycles. The van der Waals surface area contributed by atoms with E-state index in [4.69, 9.17) is 0 Å². The Labute approximate surface area is 155 Å². The summed E-state index contributed by atoms with van der Waals surface area (Å²) in [6.07, 6.45) is 6.60. The van der Waals surface area contributed by atoms with Crippen molar-refractivity contribution in [1.82, 2.24) is 10.6 Å². The van der Waals surface area contributed by atoms with Gasteiger partial charge in [-0.1, -0.05) is 45.1 Å². The van der Waals surface area contributed by atoms with Gasteiger partial charge < -0.3 is 25.5 Å². The van der Waals surface area contributed by atoms with Gasteiger partial charge in [-0.15, -0.1) is 0 Å². The van der Waals surface area contributed by atoms with Crippen LogP contribution in [0.2, 0.25) is 0 Å². The van der Waals surface area contributed by atoms with Gasteiger partial charge in [-0.3, -0.25) is 0 Å². The number of benzene rings is 1. The maximum absolute atomic E-state index is 9.85. The minimum absolute atomic E-state index is 0.00969. The largest absolute Gasteiger partial charge is 0.508 e. The summed E-state index contributed by atoms with van der Waals surface area (Å²) in [5.74, 6) is -4.48. The molecule has 0 fully saturated rings. The van der Waals surface area contributed by atoms with Crippen molar-refractivity contribution >= 4 is 0 Å². The zero-order valence-corrected chi connectivity index (χ0v) is 16.0. The Bertz CT molecular complexity index is 522. The number of hydrogen-bond acceptors (Lipinski definition) is 7. The van der Waals surface area contributed by atoms with Crippen LogP contribution in [0.25, 0.3) is 0 Å². The molecule has 0 amide bonds. The maximum atomic E-state index is 9.85. The van der Waals surface area contributed by atoms with Crippen LogP contribution >= 0.6 is 0 Å². The number of aryl methyl sites for hydroxylation is 1. The number of aliphatic hydroxyl groups is 4. The molecule has 7 heteroatoms. The predicted molar refractivity (Wildman–Crippen MR) is 99.9 cm³/mol. The molecule has 0 atom stereocenters. The lowest BCUT2D eigenvalue weighted by Crippen LogP contribution is -2.55. The van der Waals surface area contributed by atoms with Crippen molar-refractivity contribution < 1.29 is 25.5 Å². The van der Waals surface area contributed by atoms with Gasteiger partial charge >= 0.3 is 0 Å². The number of aromatic hydroxyl groups is 1. The minimum Gasteiger partial charge on any atom is -0.508 e. The van der Waals surface area contributed by atoms with E-state index in [9.17, 15) is 25.5 Å². The highest BCUT2D eigenvalue weighted by molar-refractivity contribution is 5.37. The molecule has 0 aliphatic heterocycles. The molecule has 7 N–H and O–H groups in total. The Morgan fingerprint density at radius 2 is 1.42 bits per heavy atom. The number of nitrogens with one attached hydrogen (secondary N) is 2. The van der Waals surface area contributed by atoms with Crippen LogP contribution in [0.15, 0.2) is 18.2 Å². The molecule has 0 radical (unpaired) electrons. The van der Waals surface area contributed by atoms with E-state index in [2.05, 4.69) is 17.6 Å². The van der Waals surface area contributed by atoms with Gasteiger partial charge in [0, 0.05) is 13.8 Å². The van der Waals surface area contributed by atoms with Crippen molar-refractivity contribution in [3.05, 3.63) is 29.3 Å². The zero-order valence-electron chi connectivity index (χ0n) is 16.0. The van der Waals surface area contributed by atoms with Gasteiger partial charge in [-0.25, -0.2) is 10.6 Å². The van der Waals surface area contributed by atoms with Gasteiger partial charge in [0.2, 0.25) is 11.8 Å². The molecule has 0 bridgehead atoms. The van der Waals surface area contributed by atoms with Gasteiger partial charge in [0.25, 0.3) is 0 Å². The van der Waals surface area contributed by atoms with Gasteiger partial charge in [0.15, 0.2) is 0 Å². The smallest absolute Gasteiger partial charge is 0.220 e. The Balaban J connectivity index is 2.92. The molecule has 0 saturated carbocycles.